The zero-order valence-corrected chi connectivity index (χ0v) is 12.1. The van der Waals surface area contributed by atoms with Crippen LogP contribution in [0.3, 0.4) is 0 Å². The van der Waals surface area contributed by atoms with E-state index in [0.717, 1.165) is 5.52 Å². The van der Waals surface area contributed by atoms with Gasteiger partial charge in [-0.2, -0.15) is 0 Å². The number of benzene rings is 1. The molecule has 0 spiro atoms. The molecule has 0 amide bonds. The first kappa shape index (κ1) is 13.8. The molecule has 0 saturated heterocycles. The molecule has 4 nitrogen and oxygen atoms in total. The summed E-state index contributed by atoms with van der Waals surface area (Å²) in [5, 5.41) is 0. The molecule has 0 unspecified atom stereocenters. The molecule has 108 valence electrons. The fourth-order valence-electron chi connectivity index (χ4n) is 2.22. The Labute approximate surface area is 126 Å². The van der Waals surface area contributed by atoms with Crippen LogP contribution < -0.4 is 4.74 Å². The van der Waals surface area contributed by atoms with Gasteiger partial charge in [0, 0.05) is 12.3 Å². The number of ether oxygens (including phenoxy) is 1. The highest BCUT2D eigenvalue weighted by molar-refractivity contribution is 6.16. The minimum Gasteiger partial charge on any atom is -0.491 e. The van der Waals surface area contributed by atoms with E-state index in [9.17, 15) is 4.39 Å². The van der Waals surface area contributed by atoms with Gasteiger partial charge in [-0.25, -0.2) is 14.4 Å². The topological polar surface area (TPSA) is 39.9 Å². The van der Waals surface area contributed by atoms with Crippen LogP contribution >= 0.6 is 11.6 Å². The molecule has 0 aliphatic heterocycles. The summed E-state index contributed by atoms with van der Waals surface area (Å²) in [7, 11) is 0. The monoisotopic (exact) mass is 305 g/mol. The normalized spacial score (nSPS) is 11.0. The van der Waals surface area contributed by atoms with Crippen molar-refractivity contribution in [3.8, 4) is 11.4 Å². The van der Waals surface area contributed by atoms with Crippen molar-refractivity contribution >= 4 is 22.8 Å². The highest BCUT2D eigenvalue weighted by Crippen LogP contribution is 2.25. The Kier molecular flexibility index (Phi) is 3.75. The van der Waals surface area contributed by atoms with E-state index < -0.39 is 5.82 Å². The molecule has 0 saturated carbocycles. The molecule has 6 heteroatoms. The number of pyridine rings is 1. The Morgan fingerprint density at radius 1 is 1.33 bits per heavy atom. The molecule has 0 N–H and O–H groups in total. The minimum absolute atomic E-state index is 0.213. The molecule has 0 fully saturated rings. The summed E-state index contributed by atoms with van der Waals surface area (Å²) in [6.07, 6.45) is 1.67. The van der Waals surface area contributed by atoms with Gasteiger partial charge in [-0.1, -0.05) is 0 Å². The number of alkyl halides is 1. The highest BCUT2D eigenvalue weighted by atomic mass is 35.5. The molecule has 2 heterocycles. The van der Waals surface area contributed by atoms with Gasteiger partial charge in [0.2, 0.25) is 0 Å². The Balaban J connectivity index is 2.17. The molecular formula is C15H13ClFN3O. The van der Waals surface area contributed by atoms with Gasteiger partial charge in [-0.3, -0.25) is 4.57 Å². The highest BCUT2D eigenvalue weighted by Gasteiger charge is 2.14. The van der Waals surface area contributed by atoms with Crippen molar-refractivity contribution in [1.82, 2.24) is 14.5 Å². The van der Waals surface area contributed by atoms with Gasteiger partial charge >= 0.3 is 0 Å². The number of hydrogen-bond donors (Lipinski definition) is 0. The van der Waals surface area contributed by atoms with E-state index in [-0.39, 0.29) is 11.6 Å². The van der Waals surface area contributed by atoms with Gasteiger partial charge in [-0.15, -0.1) is 11.6 Å². The average Bonchev–Trinajstić information content (AvgIpc) is 2.88. The Hall–Kier alpha value is -2.14. The lowest BCUT2D eigenvalue weighted by molar-refractivity contribution is 0.321. The van der Waals surface area contributed by atoms with Crippen molar-refractivity contribution in [3.05, 3.63) is 48.2 Å². The van der Waals surface area contributed by atoms with Gasteiger partial charge in [-0.05, 0) is 31.2 Å². The Morgan fingerprint density at radius 2 is 2.19 bits per heavy atom. The van der Waals surface area contributed by atoms with E-state index in [1.165, 1.54) is 6.07 Å². The quantitative estimate of drug-likeness (QED) is 0.690. The standard InChI is InChI=1S/C15H13ClFN3O/c1-2-21-13-6-5-10(8-11(13)17)20-14(9-16)19-12-4-3-7-18-15(12)20/h3-8H,2,9H2,1H3. The lowest BCUT2D eigenvalue weighted by Gasteiger charge is -2.10. The Morgan fingerprint density at radius 3 is 2.90 bits per heavy atom. The zero-order chi connectivity index (χ0) is 14.8. The Bertz CT molecular complexity index is 788. The van der Waals surface area contributed by atoms with Gasteiger partial charge in [0.25, 0.3) is 0 Å². The minimum atomic E-state index is -0.423. The molecule has 0 radical (unpaired) electrons. The molecule has 2 aromatic heterocycles. The number of halogens is 2. The van der Waals surface area contributed by atoms with Crippen molar-refractivity contribution in [3.63, 3.8) is 0 Å². The summed E-state index contributed by atoms with van der Waals surface area (Å²) in [6, 6.07) is 8.41. The molecular weight excluding hydrogens is 293 g/mol. The number of imidazole rings is 1. The summed E-state index contributed by atoms with van der Waals surface area (Å²) in [5.41, 5.74) is 1.99. The third kappa shape index (κ3) is 2.45. The third-order valence-electron chi connectivity index (χ3n) is 3.08. The second-order valence-electron chi connectivity index (χ2n) is 4.39. The molecule has 0 aliphatic rings. The largest absolute Gasteiger partial charge is 0.491 e. The lowest BCUT2D eigenvalue weighted by Crippen LogP contribution is -2.02. The van der Waals surface area contributed by atoms with E-state index in [1.54, 1.807) is 29.0 Å². The second-order valence-corrected chi connectivity index (χ2v) is 4.66. The smallest absolute Gasteiger partial charge is 0.167 e. The summed E-state index contributed by atoms with van der Waals surface area (Å²) in [4.78, 5) is 8.71. The number of aromatic nitrogens is 3. The summed E-state index contributed by atoms with van der Waals surface area (Å²) in [6.45, 7) is 2.23. The maximum Gasteiger partial charge on any atom is 0.167 e. The zero-order valence-electron chi connectivity index (χ0n) is 11.4. The first-order valence-electron chi connectivity index (χ1n) is 6.55. The predicted molar refractivity (Wildman–Crippen MR) is 79.5 cm³/mol. The van der Waals surface area contributed by atoms with Crippen LogP contribution in [0.25, 0.3) is 16.9 Å². The van der Waals surface area contributed by atoms with Crippen molar-refractivity contribution in [2.75, 3.05) is 6.61 Å². The SMILES string of the molecule is CCOc1ccc(-n2c(CCl)nc3cccnc32)cc1F. The summed E-state index contributed by atoms with van der Waals surface area (Å²) in [5.74, 6) is 0.637. The molecule has 21 heavy (non-hydrogen) atoms. The fourth-order valence-corrected chi connectivity index (χ4v) is 2.40. The van der Waals surface area contributed by atoms with Crippen molar-refractivity contribution in [2.24, 2.45) is 0 Å². The van der Waals surface area contributed by atoms with Gasteiger partial charge in [0.05, 0.1) is 18.2 Å². The molecule has 1 aromatic carbocycles. The fraction of sp³-hybridized carbons (Fsp3) is 0.200. The third-order valence-corrected chi connectivity index (χ3v) is 3.32. The maximum atomic E-state index is 14.1. The first-order chi connectivity index (χ1) is 10.2. The first-order valence-corrected chi connectivity index (χ1v) is 7.09. The summed E-state index contributed by atoms with van der Waals surface area (Å²) >= 11 is 5.94. The lowest BCUT2D eigenvalue weighted by atomic mass is 10.2. The van der Waals surface area contributed by atoms with E-state index in [0.29, 0.717) is 23.8 Å². The molecule has 0 atom stereocenters. The van der Waals surface area contributed by atoms with Gasteiger partial charge in [0.15, 0.2) is 17.2 Å². The van der Waals surface area contributed by atoms with Crippen LogP contribution in [0, 0.1) is 5.82 Å². The van der Waals surface area contributed by atoms with E-state index in [1.807, 2.05) is 13.0 Å². The number of fused-ring (bicyclic) bond motifs is 1. The van der Waals surface area contributed by atoms with Gasteiger partial charge < -0.3 is 4.74 Å². The number of hydrogen-bond acceptors (Lipinski definition) is 3. The molecule has 3 rings (SSSR count). The predicted octanol–water partition coefficient (Wildman–Crippen LogP) is 3.70. The van der Waals surface area contributed by atoms with Crippen molar-refractivity contribution in [1.29, 1.82) is 0 Å². The maximum absolute atomic E-state index is 14.1. The van der Waals surface area contributed by atoms with Crippen LogP contribution in [0.1, 0.15) is 12.7 Å². The average molecular weight is 306 g/mol. The van der Waals surface area contributed by atoms with Crippen LogP contribution in [-0.4, -0.2) is 21.1 Å². The van der Waals surface area contributed by atoms with E-state index in [4.69, 9.17) is 16.3 Å². The van der Waals surface area contributed by atoms with Crippen LogP contribution in [0.5, 0.6) is 5.75 Å². The number of rotatable bonds is 4. The van der Waals surface area contributed by atoms with Crippen molar-refractivity contribution in [2.45, 2.75) is 12.8 Å². The summed E-state index contributed by atoms with van der Waals surface area (Å²) < 4.78 is 21.0. The second kappa shape index (κ2) is 5.69. The van der Waals surface area contributed by atoms with Crippen LogP contribution in [-0.2, 0) is 5.88 Å². The van der Waals surface area contributed by atoms with Crippen LogP contribution in [0.15, 0.2) is 36.5 Å². The number of nitrogens with zero attached hydrogens (tertiary/aromatic N) is 3. The molecule has 0 bridgehead atoms. The van der Waals surface area contributed by atoms with Crippen LogP contribution in [0.4, 0.5) is 4.39 Å². The van der Waals surface area contributed by atoms with Crippen LogP contribution in [0.2, 0.25) is 0 Å². The molecule has 3 aromatic rings. The van der Waals surface area contributed by atoms with Gasteiger partial charge in [0.1, 0.15) is 11.3 Å². The van der Waals surface area contributed by atoms with Crippen molar-refractivity contribution < 1.29 is 9.13 Å². The van der Waals surface area contributed by atoms with E-state index >= 15 is 0 Å². The molecule has 0 aliphatic carbocycles. The van der Waals surface area contributed by atoms with E-state index in [2.05, 4.69) is 9.97 Å².